The molecule has 94 valence electrons. The molecule has 2 rings (SSSR count). The van der Waals surface area contributed by atoms with Crippen molar-refractivity contribution in [3.05, 3.63) is 35.4 Å². The molecule has 0 spiro atoms. The molecule has 1 atom stereocenters. The summed E-state index contributed by atoms with van der Waals surface area (Å²) in [6, 6.07) is 9.25. The average Bonchev–Trinajstić information content (AvgIpc) is 3.20. The summed E-state index contributed by atoms with van der Waals surface area (Å²) in [6.07, 6.45) is 2.71. The van der Waals surface area contributed by atoms with E-state index in [9.17, 15) is 0 Å². The molecule has 2 heteroatoms. The Kier molecular flexibility index (Phi) is 4.19. The molecule has 2 nitrogen and oxygen atoms in total. The normalized spacial score (nSPS) is 17.4. The zero-order valence-corrected chi connectivity index (χ0v) is 11.0. The second-order valence-corrected chi connectivity index (χ2v) is 4.88. The van der Waals surface area contributed by atoms with Crippen LogP contribution in [0.25, 0.3) is 0 Å². The predicted octanol–water partition coefficient (Wildman–Crippen LogP) is 2.91. The van der Waals surface area contributed by atoms with Gasteiger partial charge in [-0.2, -0.15) is 0 Å². The first-order valence-corrected chi connectivity index (χ1v) is 6.84. The third-order valence-corrected chi connectivity index (χ3v) is 3.85. The van der Waals surface area contributed by atoms with Gasteiger partial charge in [0.2, 0.25) is 0 Å². The lowest BCUT2D eigenvalue weighted by atomic mass is 9.96. The van der Waals surface area contributed by atoms with Crippen molar-refractivity contribution >= 4 is 0 Å². The number of nitrogens with two attached hydrogens (primary N) is 1. The molecule has 1 aromatic carbocycles. The lowest BCUT2D eigenvalue weighted by Crippen LogP contribution is -2.34. The van der Waals surface area contributed by atoms with Gasteiger partial charge in [-0.3, -0.25) is 4.90 Å². The minimum absolute atomic E-state index is 0.391. The van der Waals surface area contributed by atoms with Crippen LogP contribution in [0.1, 0.15) is 49.8 Å². The Balaban J connectivity index is 2.29. The maximum atomic E-state index is 6.00. The Bertz CT molecular complexity index is 354. The molecule has 0 aliphatic heterocycles. The van der Waals surface area contributed by atoms with Crippen LogP contribution in [-0.2, 0) is 0 Å². The van der Waals surface area contributed by atoms with Crippen molar-refractivity contribution in [3.63, 3.8) is 0 Å². The minimum Gasteiger partial charge on any atom is -0.329 e. The highest BCUT2D eigenvalue weighted by atomic mass is 15.2. The van der Waals surface area contributed by atoms with Gasteiger partial charge < -0.3 is 5.73 Å². The van der Waals surface area contributed by atoms with Crippen LogP contribution in [0.15, 0.2) is 24.3 Å². The lowest BCUT2D eigenvalue weighted by molar-refractivity contribution is 0.223. The molecular formula is C15H24N2. The molecule has 1 aliphatic carbocycles. The summed E-state index contributed by atoms with van der Waals surface area (Å²) < 4.78 is 0. The maximum Gasteiger partial charge on any atom is 0.0473 e. The van der Waals surface area contributed by atoms with E-state index in [-0.39, 0.29) is 0 Å². The summed E-state index contributed by atoms with van der Waals surface area (Å²) in [7, 11) is 0. The minimum atomic E-state index is 0.391. The molecule has 0 amide bonds. The Morgan fingerprint density at radius 1 is 1.24 bits per heavy atom. The molecule has 1 saturated carbocycles. The number of hydrogen-bond donors (Lipinski definition) is 1. The van der Waals surface area contributed by atoms with E-state index >= 15 is 0 Å². The monoisotopic (exact) mass is 232 g/mol. The Morgan fingerprint density at radius 3 is 2.41 bits per heavy atom. The zero-order valence-electron chi connectivity index (χ0n) is 11.0. The predicted molar refractivity (Wildman–Crippen MR) is 73.1 cm³/mol. The van der Waals surface area contributed by atoms with Crippen molar-refractivity contribution in [1.29, 1.82) is 0 Å². The van der Waals surface area contributed by atoms with Gasteiger partial charge in [0, 0.05) is 12.6 Å². The molecular weight excluding hydrogens is 208 g/mol. The van der Waals surface area contributed by atoms with E-state index in [2.05, 4.69) is 43.0 Å². The fraction of sp³-hybridized carbons (Fsp3) is 0.600. The topological polar surface area (TPSA) is 29.3 Å². The van der Waals surface area contributed by atoms with Crippen LogP contribution in [0.2, 0.25) is 0 Å². The fourth-order valence-electron chi connectivity index (χ4n) is 2.72. The van der Waals surface area contributed by atoms with Crippen molar-refractivity contribution in [1.82, 2.24) is 4.90 Å². The standard InChI is InChI=1S/C15H24N2/c1-3-17(4-2)15(11-16)14-8-6-5-7-13(14)12-9-10-12/h5-8,12,15H,3-4,9-11,16H2,1-2H3. The van der Waals surface area contributed by atoms with Gasteiger partial charge in [-0.15, -0.1) is 0 Å². The van der Waals surface area contributed by atoms with Crippen LogP contribution in [-0.4, -0.2) is 24.5 Å². The molecule has 1 aliphatic rings. The molecule has 0 saturated heterocycles. The molecule has 0 bridgehead atoms. The first-order chi connectivity index (χ1) is 8.31. The molecule has 0 aromatic heterocycles. The van der Waals surface area contributed by atoms with E-state index in [0.717, 1.165) is 19.0 Å². The third kappa shape index (κ3) is 2.70. The van der Waals surface area contributed by atoms with E-state index in [1.165, 1.54) is 24.0 Å². The molecule has 1 aromatic rings. The van der Waals surface area contributed by atoms with E-state index < -0.39 is 0 Å². The van der Waals surface area contributed by atoms with Crippen LogP contribution in [0, 0.1) is 0 Å². The van der Waals surface area contributed by atoms with E-state index in [4.69, 9.17) is 5.73 Å². The summed E-state index contributed by atoms with van der Waals surface area (Å²) in [5, 5.41) is 0. The van der Waals surface area contributed by atoms with Crippen LogP contribution in [0.3, 0.4) is 0 Å². The van der Waals surface area contributed by atoms with Gasteiger partial charge in [-0.25, -0.2) is 0 Å². The van der Waals surface area contributed by atoms with Crippen molar-refractivity contribution in [2.24, 2.45) is 5.73 Å². The van der Waals surface area contributed by atoms with Crippen molar-refractivity contribution in [2.75, 3.05) is 19.6 Å². The van der Waals surface area contributed by atoms with Crippen molar-refractivity contribution in [2.45, 2.75) is 38.6 Å². The SMILES string of the molecule is CCN(CC)C(CN)c1ccccc1C1CC1. The summed E-state index contributed by atoms with van der Waals surface area (Å²) >= 11 is 0. The fourth-order valence-corrected chi connectivity index (χ4v) is 2.72. The summed E-state index contributed by atoms with van der Waals surface area (Å²) in [6.45, 7) is 7.28. The summed E-state index contributed by atoms with van der Waals surface area (Å²) in [4.78, 5) is 2.46. The number of hydrogen-bond acceptors (Lipinski definition) is 2. The highest BCUT2D eigenvalue weighted by Gasteiger charge is 2.28. The maximum absolute atomic E-state index is 6.00. The third-order valence-electron chi connectivity index (χ3n) is 3.85. The summed E-state index contributed by atoms with van der Waals surface area (Å²) in [5.74, 6) is 0.802. The molecule has 0 heterocycles. The van der Waals surface area contributed by atoms with E-state index in [1.54, 1.807) is 0 Å². The molecule has 1 unspecified atom stereocenters. The molecule has 0 radical (unpaired) electrons. The second-order valence-electron chi connectivity index (χ2n) is 4.88. The highest BCUT2D eigenvalue weighted by Crippen LogP contribution is 2.43. The van der Waals surface area contributed by atoms with Gasteiger partial charge in [0.15, 0.2) is 0 Å². The smallest absolute Gasteiger partial charge is 0.0473 e. The van der Waals surface area contributed by atoms with Crippen LogP contribution < -0.4 is 5.73 Å². The van der Waals surface area contributed by atoms with Crippen LogP contribution in [0.4, 0.5) is 0 Å². The van der Waals surface area contributed by atoms with Gasteiger partial charge in [0.05, 0.1) is 0 Å². The van der Waals surface area contributed by atoms with Crippen molar-refractivity contribution in [3.8, 4) is 0 Å². The van der Waals surface area contributed by atoms with E-state index in [1.807, 2.05) is 0 Å². The Morgan fingerprint density at radius 2 is 1.88 bits per heavy atom. The van der Waals surface area contributed by atoms with Gasteiger partial charge in [0.25, 0.3) is 0 Å². The number of likely N-dealkylation sites (N-methyl/N-ethyl adjacent to an activating group) is 1. The van der Waals surface area contributed by atoms with Gasteiger partial charge in [-0.1, -0.05) is 38.1 Å². The lowest BCUT2D eigenvalue weighted by Gasteiger charge is -2.30. The zero-order chi connectivity index (χ0) is 12.3. The Labute approximate surface area is 105 Å². The molecule has 1 fully saturated rings. The number of rotatable bonds is 6. The van der Waals surface area contributed by atoms with Gasteiger partial charge in [0.1, 0.15) is 0 Å². The summed E-state index contributed by atoms with van der Waals surface area (Å²) in [5.41, 5.74) is 9.00. The van der Waals surface area contributed by atoms with Gasteiger partial charge >= 0.3 is 0 Å². The number of benzene rings is 1. The second kappa shape index (κ2) is 5.65. The Hall–Kier alpha value is -0.860. The molecule has 17 heavy (non-hydrogen) atoms. The van der Waals surface area contributed by atoms with Crippen molar-refractivity contribution < 1.29 is 0 Å². The van der Waals surface area contributed by atoms with Gasteiger partial charge in [-0.05, 0) is 43.0 Å². The van der Waals surface area contributed by atoms with E-state index in [0.29, 0.717) is 12.6 Å². The van der Waals surface area contributed by atoms with Crippen LogP contribution >= 0.6 is 0 Å². The molecule has 2 N–H and O–H groups in total. The first-order valence-electron chi connectivity index (χ1n) is 6.84. The van der Waals surface area contributed by atoms with Crippen LogP contribution in [0.5, 0.6) is 0 Å². The highest BCUT2D eigenvalue weighted by molar-refractivity contribution is 5.35. The number of nitrogens with zero attached hydrogens (tertiary/aromatic N) is 1. The quantitative estimate of drug-likeness (QED) is 0.817. The average molecular weight is 232 g/mol. The largest absolute Gasteiger partial charge is 0.329 e. The first kappa shape index (κ1) is 12.6.